The van der Waals surface area contributed by atoms with Crippen LogP contribution in [0.2, 0.25) is 0 Å². The monoisotopic (exact) mass is 274 g/mol. The van der Waals surface area contributed by atoms with Gasteiger partial charge in [0, 0.05) is 24.8 Å². The maximum absolute atomic E-state index is 5.69. The zero-order valence-corrected chi connectivity index (χ0v) is 12.3. The van der Waals surface area contributed by atoms with Crippen LogP contribution in [0.1, 0.15) is 29.3 Å². The summed E-state index contributed by atoms with van der Waals surface area (Å²) in [5, 5.41) is 4.36. The first-order valence-electron chi connectivity index (χ1n) is 6.73. The molecule has 0 bridgehead atoms. The second kappa shape index (κ2) is 6.54. The predicted molar refractivity (Wildman–Crippen MR) is 79.3 cm³/mol. The van der Waals surface area contributed by atoms with Crippen molar-refractivity contribution in [3.05, 3.63) is 47.3 Å². The molecule has 1 atom stereocenters. The number of hydrogen-bond acceptors (Lipinski definition) is 4. The number of nitrogens with zero attached hydrogens (tertiary/aromatic N) is 2. The Hall–Kier alpha value is -1.85. The third-order valence-electron chi connectivity index (χ3n) is 3.51. The minimum atomic E-state index is 0.116. The van der Waals surface area contributed by atoms with Crippen LogP contribution in [-0.4, -0.2) is 16.9 Å². The maximum Gasteiger partial charge on any atom is 0.118 e. The van der Waals surface area contributed by atoms with E-state index in [1.807, 2.05) is 37.0 Å². The molecule has 0 saturated heterocycles. The molecule has 0 radical (unpaired) electrons. The zero-order chi connectivity index (χ0) is 14.5. The average molecular weight is 274 g/mol. The fourth-order valence-electron chi connectivity index (χ4n) is 2.39. The predicted octanol–water partition coefficient (Wildman–Crippen LogP) is 1.87. The topological polar surface area (TPSA) is 65.1 Å². The number of aryl methyl sites for hydroxylation is 3. The van der Waals surface area contributed by atoms with E-state index in [4.69, 9.17) is 10.6 Å². The van der Waals surface area contributed by atoms with Crippen LogP contribution in [0.3, 0.4) is 0 Å². The van der Waals surface area contributed by atoms with Gasteiger partial charge in [0.05, 0.1) is 12.8 Å². The first-order valence-corrected chi connectivity index (χ1v) is 6.73. The van der Waals surface area contributed by atoms with Gasteiger partial charge in [-0.1, -0.05) is 12.1 Å². The number of benzene rings is 1. The van der Waals surface area contributed by atoms with Crippen LogP contribution in [0.5, 0.6) is 5.75 Å². The van der Waals surface area contributed by atoms with Gasteiger partial charge in [0.25, 0.3) is 0 Å². The Morgan fingerprint density at radius 1 is 1.35 bits per heavy atom. The highest BCUT2D eigenvalue weighted by molar-refractivity contribution is 5.27. The van der Waals surface area contributed by atoms with E-state index in [-0.39, 0.29) is 6.04 Å². The molecule has 108 valence electrons. The van der Waals surface area contributed by atoms with Crippen molar-refractivity contribution in [3.63, 3.8) is 0 Å². The molecule has 5 nitrogen and oxygen atoms in total. The number of hydrazine groups is 1. The lowest BCUT2D eigenvalue weighted by Gasteiger charge is -2.15. The fourth-order valence-corrected chi connectivity index (χ4v) is 2.39. The fraction of sp³-hybridized carbons (Fsp3) is 0.400. The van der Waals surface area contributed by atoms with Gasteiger partial charge in [-0.05, 0) is 37.5 Å². The smallest absolute Gasteiger partial charge is 0.118 e. The summed E-state index contributed by atoms with van der Waals surface area (Å²) in [5.74, 6) is 6.57. The summed E-state index contributed by atoms with van der Waals surface area (Å²) in [5.41, 5.74) is 6.33. The standard InChI is InChI=1S/C15H22N4O/c1-11-14(10-19(2)18-11)15(17-16)9-6-12-4-7-13(20-3)8-5-12/h4-5,7-8,10,15,17H,6,9,16H2,1-3H3. The van der Waals surface area contributed by atoms with E-state index in [0.29, 0.717) is 0 Å². The molecule has 2 rings (SSSR count). The molecule has 0 amide bonds. The second-order valence-electron chi connectivity index (χ2n) is 4.95. The molecule has 1 heterocycles. The summed E-state index contributed by atoms with van der Waals surface area (Å²) in [6, 6.07) is 8.25. The number of rotatable bonds is 6. The highest BCUT2D eigenvalue weighted by atomic mass is 16.5. The first-order chi connectivity index (χ1) is 9.63. The molecule has 0 fully saturated rings. The highest BCUT2D eigenvalue weighted by Gasteiger charge is 2.15. The van der Waals surface area contributed by atoms with Crippen LogP contribution in [0.15, 0.2) is 30.5 Å². The van der Waals surface area contributed by atoms with Gasteiger partial charge in [-0.3, -0.25) is 16.0 Å². The van der Waals surface area contributed by atoms with Gasteiger partial charge in [-0.2, -0.15) is 5.10 Å². The highest BCUT2D eigenvalue weighted by Crippen LogP contribution is 2.21. The number of hydrogen-bond donors (Lipinski definition) is 2. The molecule has 1 aromatic carbocycles. The lowest BCUT2D eigenvalue weighted by Crippen LogP contribution is -2.28. The summed E-state index contributed by atoms with van der Waals surface area (Å²) >= 11 is 0. The molecule has 0 spiro atoms. The van der Waals surface area contributed by atoms with Crippen molar-refractivity contribution in [2.45, 2.75) is 25.8 Å². The van der Waals surface area contributed by atoms with Crippen molar-refractivity contribution in [1.82, 2.24) is 15.2 Å². The molecule has 2 aromatic rings. The van der Waals surface area contributed by atoms with E-state index in [9.17, 15) is 0 Å². The van der Waals surface area contributed by atoms with Gasteiger partial charge in [0.15, 0.2) is 0 Å². The molecule has 0 aliphatic carbocycles. The van der Waals surface area contributed by atoms with E-state index in [1.165, 1.54) is 5.56 Å². The van der Waals surface area contributed by atoms with Crippen LogP contribution in [0.25, 0.3) is 0 Å². The van der Waals surface area contributed by atoms with Gasteiger partial charge < -0.3 is 4.74 Å². The first kappa shape index (κ1) is 14.6. The van der Waals surface area contributed by atoms with Crippen LogP contribution in [0, 0.1) is 6.92 Å². The van der Waals surface area contributed by atoms with Crippen molar-refractivity contribution in [2.24, 2.45) is 12.9 Å². The molecule has 1 unspecified atom stereocenters. The third-order valence-corrected chi connectivity index (χ3v) is 3.51. The number of nitrogens with two attached hydrogens (primary N) is 1. The van der Waals surface area contributed by atoms with Crippen LogP contribution in [-0.2, 0) is 13.5 Å². The SMILES string of the molecule is COc1ccc(CCC(NN)c2cn(C)nc2C)cc1. The van der Waals surface area contributed by atoms with Gasteiger partial charge in [-0.25, -0.2) is 0 Å². The van der Waals surface area contributed by atoms with E-state index < -0.39 is 0 Å². The Kier molecular flexibility index (Phi) is 4.76. The van der Waals surface area contributed by atoms with Crippen molar-refractivity contribution in [1.29, 1.82) is 0 Å². The van der Waals surface area contributed by atoms with Crippen molar-refractivity contribution in [2.75, 3.05) is 7.11 Å². The normalized spacial score (nSPS) is 12.4. The van der Waals surface area contributed by atoms with Crippen LogP contribution < -0.4 is 16.0 Å². The van der Waals surface area contributed by atoms with Gasteiger partial charge in [0.1, 0.15) is 5.75 Å². The van der Waals surface area contributed by atoms with E-state index >= 15 is 0 Å². The maximum atomic E-state index is 5.69. The molecule has 5 heteroatoms. The van der Waals surface area contributed by atoms with E-state index in [2.05, 4.69) is 22.7 Å². The Morgan fingerprint density at radius 3 is 2.55 bits per heavy atom. The third kappa shape index (κ3) is 3.37. The molecular weight excluding hydrogens is 252 g/mol. The number of nitrogens with one attached hydrogen (secondary N) is 1. The van der Waals surface area contributed by atoms with Gasteiger partial charge >= 0.3 is 0 Å². The van der Waals surface area contributed by atoms with Gasteiger partial charge in [-0.15, -0.1) is 0 Å². The van der Waals surface area contributed by atoms with Crippen LogP contribution >= 0.6 is 0 Å². The Labute approximate surface area is 119 Å². The quantitative estimate of drug-likeness (QED) is 0.623. The molecule has 0 aliphatic rings. The Balaban J connectivity index is 2.01. The molecule has 1 aromatic heterocycles. The minimum Gasteiger partial charge on any atom is -0.497 e. The molecule has 20 heavy (non-hydrogen) atoms. The van der Waals surface area contributed by atoms with Crippen molar-refractivity contribution in [3.8, 4) is 5.75 Å². The number of aromatic nitrogens is 2. The lowest BCUT2D eigenvalue weighted by atomic mass is 10.00. The van der Waals surface area contributed by atoms with Crippen molar-refractivity contribution >= 4 is 0 Å². The molecular formula is C15H22N4O. The number of methoxy groups -OCH3 is 1. The average Bonchev–Trinajstić information content (AvgIpc) is 2.79. The Bertz CT molecular complexity index is 548. The summed E-state index contributed by atoms with van der Waals surface area (Å²) < 4.78 is 6.98. The summed E-state index contributed by atoms with van der Waals surface area (Å²) in [4.78, 5) is 0. The molecule has 3 N–H and O–H groups in total. The van der Waals surface area contributed by atoms with Crippen LogP contribution in [0.4, 0.5) is 0 Å². The summed E-state index contributed by atoms with van der Waals surface area (Å²) in [7, 11) is 3.60. The molecule has 0 saturated carbocycles. The summed E-state index contributed by atoms with van der Waals surface area (Å²) in [6.45, 7) is 2.01. The van der Waals surface area contributed by atoms with Gasteiger partial charge in [0.2, 0.25) is 0 Å². The summed E-state index contributed by atoms with van der Waals surface area (Å²) in [6.07, 6.45) is 3.90. The molecule has 0 aliphatic heterocycles. The largest absolute Gasteiger partial charge is 0.497 e. The Morgan fingerprint density at radius 2 is 2.05 bits per heavy atom. The minimum absolute atomic E-state index is 0.116. The van der Waals surface area contributed by atoms with Crippen molar-refractivity contribution < 1.29 is 4.74 Å². The lowest BCUT2D eigenvalue weighted by molar-refractivity contribution is 0.414. The van der Waals surface area contributed by atoms with E-state index in [1.54, 1.807) is 7.11 Å². The zero-order valence-electron chi connectivity index (χ0n) is 12.3. The second-order valence-corrected chi connectivity index (χ2v) is 4.95. The van der Waals surface area contributed by atoms with E-state index in [0.717, 1.165) is 29.8 Å². The number of ether oxygens (including phenoxy) is 1.